The topological polar surface area (TPSA) is 72.9 Å². The Labute approximate surface area is 115 Å². The van der Waals surface area contributed by atoms with E-state index in [4.69, 9.17) is 4.74 Å². The van der Waals surface area contributed by atoms with Crippen molar-refractivity contribution < 1.29 is 23.9 Å². The molecule has 1 atom stereocenters. The van der Waals surface area contributed by atoms with Gasteiger partial charge in [0.2, 0.25) is 0 Å². The number of carbonyl (C=O) groups excluding carboxylic acids is 3. The maximum Gasteiger partial charge on any atom is 0.417 e. The van der Waals surface area contributed by atoms with E-state index in [0.717, 1.165) is 22.6 Å². The average molecular weight is 275 g/mol. The highest BCUT2D eigenvalue weighted by Gasteiger charge is 2.37. The van der Waals surface area contributed by atoms with Crippen molar-refractivity contribution in [2.75, 3.05) is 13.7 Å². The van der Waals surface area contributed by atoms with E-state index < -0.39 is 24.0 Å². The summed E-state index contributed by atoms with van der Waals surface area (Å²) in [5, 5.41) is 0. The lowest BCUT2D eigenvalue weighted by Gasteiger charge is -2.18. The Morgan fingerprint density at radius 2 is 2.00 bits per heavy atom. The lowest BCUT2D eigenvalue weighted by atomic mass is 10.1. The van der Waals surface area contributed by atoms with Crippen LogP contribution in [0.3, 0.4) is 0 Å². The Hall–Kier alpha value is -2.63. The van der Waals surface area contributed by atoms with Crippen molar-refractivity contribution in [3.05, 3.63) is 48.0 Å². The monoisotopic (exact) mass is 275 g/mol. The molecule has 1 aliphatic rings. The van der Waals surface area contributed by atoms with E-state index in [1.54, 1.807) is 12.1 Å². The third-order valence-electron chi connectivity index (χ3n) is 2.86. The van der Waals surface area contributed by atoms with Gasteiger partial charge in [-0.15, -0.1) is 0 Å². The Morgan fingerprint density at radius 1 is 1.30 bits per heavy atom. The summed E-state index contributed by atoms with van der Waals surface area (Å²) in [6.45, 7) is 0.0979. The number of imide groups is 1. The summed E-state index contributed by atoms with van der Waals surface area (Å²) in [5.74, 6) is -1.28. The number of benzene rings is 1. The van der Waals surface area contributed by atoms with Crippen LogP contribution in [0, 0.1) is 0 Å². The average Bonchev–Trinajstić information content (AvgIpc) is 2.87. The van der Waals surface area contributed by atoms with Gasteiger partial charge in [-0.2, -0.15) is 0 Å². The smallest absolute Gasteiger partial charge is 0.417 e. The van der Waals surface area contributed by atoms with Gasteiger partial charge in [0.15, 0.2) is 0 Å². The van der Waals surface area contributed by atoms with Gasteiger partial charge in [0.05, 0.1) is 7.11 Å². The molecule has 6 heteroatoms. The van der Waals surface area contributed by atoms with Gasteiger partial charge in [-0.3, -0.25) is 4.79 Å². The molecule has 1 aromatic carbocycles. The number of carbonyl (C=O) groups is 3. The van der Waals surface area contributed by atoms with Crippen molar-refractivity contribution in [1.82, 2.24) is 4.90 Å². The highest BCUT2D eigenvalue weighted by molar-refractivity contribution is 6.02. The van der Waals surface area contributed by atoms with Crippen LogP contribution in [0.4, 0.5) is 4.79 Å². The summed E-state index contributed by atoms with van der Waals surface area (Å²) in [4.78, 5) is 35.6. The Bertz CT molecular complexity index is 552. The fourth-order valence-corrected chi connectivity index (χ4v) is 1.87. The van der Waals surface area contributed by atoms with Crippen LogP contribution in [0.25, 0.3) is 0 Å². The first-order chi connectivity index (χ1) is 9.63. The summed E-state index contributed by atoms with van der Waals surface area (Å²) in [7, 11) is 1.20. The van der Waals surface area contributed by atoms with Crippen LogP contribution in [-0.4, -0.2) is 36.6 Å². The molecule has 2 amide bonds. The number of esters is 1. The van der Waals surface area contributed by atoms with Gasteiger partial charge in [-0.1, -0.05) is 30.3 Å². The Balaban J connectivity index is 2.19. The van der Waals surface area contributed by atoms with E-state index in [2.05, 4.69) is 4.74 Å². The summed E-state index contributed by atoms with van der Waals surface area (Å²) in [6.07, 6.45) is 1.24. The van der Waals surface area contributed by atoms with Crippen molar-refractivity contribution in [3.8, 4) is 0 Å². The van der Waals surface area contributed by atoms with Crippen LogP contribution in [0.5, 0.6) is 0 Å². The molecule has 6 nitrogen and oxygen atoms in total. The van der Waals surface area contributed by atoms with Gasteiger partial charge < -0.3 is 9.47 Å². The van der Waals surface area contributed by atoms with Gasteiger partial charge >= 0.3 is 12.1 Å². The van der Waals surface area contributed by atoms with E-state index >= 15 is 0 Å². The molecule has 1 fully saturated rings. The number of rotatable bonds is 3. The first-order valence-electron chi connectivity index (χ1n) is 5.94. The van der Waals surface area contributed by atoms with Crippen molar-refractivity contribution >= 4 is 18.0 Å². The number of hydrogen-bond acceptors (Lipinski definition) is 5. The SMILES string of the molecule is COC(=O)/C=C/C(=O)N1C(=O)OC[C@H]1c1ccccc1. The minimum atomic E-state index is -0.724. The molecular weight excluding hydrogens is 262 g/mol. The summed E-state index contributed by atoms with van der Waals surface area (Å²) < 4.78 is 9.29. The molecule has 0 aromatic heterocycles. The van der Waals surface area contributed by atoms with E-state index in [1.165, 1.54) is 7.11 Å². The zero-order chi connectivity index (χ0) is 14.5. The van der Waals surface area contributed by atoms with E-state index in [1.807, 2.05) is 18.2 Å². The second-order valence-corrected chi connectivity index (χ2v) is 4.07. The van der Waals surface area contributed by atoms with Crippen molar-refractivity contribution in [2.24, 2.45) is 0 Å². The van der Waals surface area contributed by atoms with Gasteiger partial charge in [0, 0.05) is 12.2 Å². The second-order valence-electron chi connectivity index (χ2n) is 4.07. The number of amides is 2. The highest BCUT2D eigenvalue weighted by Crippen LogP contribution is 2.27. The number of methoxy groups -OCH3 is 1. The number of nitrogens with zero attached hydrogens (tertiary/aromatic N) is 1. The molecular formula is C14H13NO5. The van der Waals surface area contributed by atoms with Crippen LogP contribution < -0.4 is 0 Å². The molecule has 1 heterocycles. The van der Waals surface area contributed by atoms with Crippen LogP contribution in [0.1, 0.15) is 11.6 Å². The maximum atomic E-state index is 12.0. The molecule has 104 valence electrons. The summed E-state index contributed by atoms with van der Waals surface area (Å²) in [5.41, 5.74) is 0.790. The molecule has 20 heavy (non-hydrogen) atoms. The molecule has 0 unspecified atom stereocenters. The van der Waals surface area contributed by atoms with Crippen molar-refractivity contribution in [1.29, 1.82) is 0 Å². The molecule has 1 saturated heterocycles. The molecule has 2 rings (SSSR count). The largest absolute Gasteiger partial charge is 0.466 e. The first-order valence-corrected chi connectivity index (χ1v) is 5.94. The van der Waals surface area contributed by atoms with E-state index in [-0.39, 0.29) is 6.61 Å². The second kappa shape index (κ2) is 6.01. The first kappa shape index (κ1) is 13.8. The minimum Gasteiger partial charge on any atom is -0.466 e. The van der Waals surface area contributed by atoms with Crippen LogP contribution in [0.2, 0.25) is 0 Å². The molecule has 0 aliphatic carbocycles. The van der Waals surface area contributed by atoms with Gasteiger partial charge in [-0.25, -0.2) is 14.5 Å². The molecule has 0 spiro atoms. The molecule has 0 saturated carbocycles. The molecule has 0 N–H and O–H groups in total. The predicted molar refractivity (Wildman–Crippen MR) is 68.5 cm³/mol. The number of cyclic esters (lactones) is 1. The van der Waals surface area contributed by atoms with Crippen LogP contribution in [-0.2, 0) is 19.1 Å². The third-order valence-corrected chi connectivity index (χ3v) is 2.86. The third kappa shape index (κ3) is 2.85. The number of hydrogen-bond donors (Lipinski definition) is 0. The molecule has 1 aliphatic heterocycles. The lowest BCUT2D eigenvalue weighted by Crippen LogP contribution is -2.32. The Kier molecular flexibility index (Phi) is 4.14. The van der Waals surface area contributed by atoms with E-state index in [0.29, 0.717) is 0 Å². The Morgan fingerprint density at radius 3 is 2.65 bits per heavy atom. The number of ether oxygens (including phenoxy) is 2. The van der Waals surface area contributed by atoms with E-state index in [9.17, 15) is 14.4 Å². The van der Waals surface area contributed by atoms with Crippen molar-refractivity contribution in [3.63, 3.8) is 0 Å². The lowest BCUT2D eigenvalue weighted by molar-refractivity contribution is -0.135. The van der Waals surface area contributed by atoms with Gasteiger partial charge in [0.1, 0.15) is 12.6 Å². The maximum absolute atomic E-state index is 12.0. The summed E-state index contributed by atoms with van der Waals surface area (Å²) >= 11 is 0. The molecule has 1 aromatic rings. The van der Waals surface area contributed by atoms with Gasteiger partial charge in [0.25, 0.3) is 5.91 Å². The highest BCUT2D eigenvalue weighted by atomic mass is 16.6. The summed E-state index contributed by atoms with van der Waals surface area (Å²) in [6, 6.07) is 8.58. The zero-order valence-electron chi connectivity index (χ0n) is 10.8. The standard InChI is InChI=1S/C14H13NO5/c1-19-13(17)8-7-12(16)15-11(9-20-14(15)18)10-5-3-2-4-6-10/h2-8,11H,9H2,1H3/b8-7+/t11-/m0/s1. The van der Waals surface area contributed by atoms with Crippen molar-refractivity contribution in [2.45, 2.75) is 6.04 Å². The van der Waals surface area contributed by atoms with Crippen LogP contribution in [0.15, 0.2) is 42.5 Å². The fourth-order valence-electron chi connectivity index (χ4n) is 1.87. The predicted octanol–water partition coefficient (Wildman–Crippen LogP) is 1.44. The van der Waals surface area contributed by atoms with Gasteiger partial charge in [-0.05, 0) is 5.56 Å². The molecule has 0 bridgehead atoms. The zero-order valence-corrected chi connectivity index (χ0v) is 10.8. The minimum absolute atomic E-state index is 0.0979. The van der Waals surface area contributed by atoms with Crippen LogP contribution >= 0.6 is 0 Å². The fraction of sp³-hybridized carbons (Fsp3) is 0.214. The quantitative estimate of drug-likeness (QED) is 0.616. The normalized spacial score (nSPS) is 18.1. The molecule has 0 radical (unpaired) electrons.